The zero-order chi connectivity index (χ0) is 25.2. The van der Waals surface area contributed by atoms with Gasteiger partial charge in [-0.2, -0.15) is 0 Å². The van der Waals surface area contributed by atoms with Gasteiger partial charge in [-0.25, -0.2) is 19.3 Å². The number of aryl methyl sites for hydroxylation is 2. The Kier molecular flexibility index (Phi) is 6.47. The molecule has 0 radical (unpaired) electrons. The number of rotatable bonds is 6. The van der Waals surface area contributed by atoms with Crippen molar-refractivity contribution in [1.29, 1.82) is 0 Å². The summed E-state index contributed by atoms with van der Waals surface area (Å²) in [7, 11) is 0. The Bertz CT molecular complexity index is 1420. The first-order valence-corrected chi connectivity index (χ1v) is 11.8. The molecule has 36 heavy (non-hydrogen) atoms. The van der Waals surface area contributed by atoms with Gasteiger partial charge in [-0.3, -0.25) is 9.69 Å². The Morgan fingerprint density at radius 3 is 2.44 bits per heavy atom. The van der Waals surface area contributed by atoms with Gasteiger partial charge in [0.25, 0.3) is 0 Å². The first-order chi connectivity index (χ1) is 17.4. The zero-order valence-corrected chi connectivity index (χ0v) is 20.2. The van der Waals surface area contributed by atoms with Crippen molar-refractivity contribution >= 4 is 34.2 Å². The largest absolute Gasteiger partial charge is 0.480 e. The predicted molar refractivity (Wildman–Crippen MR) is 138 cm³/mol. The molecule has 8 nitrogen and oxygen atoms in total. The van der Waals surface area contributed by atoms with E-state index in [1.165, 1.54) is 0 Å². The van der Waals surface area contributed by atoms with Crippen LogP contribution in [0.1, 0.15) is 11.3 Å². The van der Waals surface area contributed by atoms with Gasteiger partial charge in [-0.05, 0) is 43.2 Å². The van der Waals surface area contributed by atoms with Gasteiger partial charge < -0.3 is 15.3 Å². The van der Waals surface area contributed by atoms with E-state index < -0.39 is 5.97 Å². The van der Waals surface area contributed by atoms with Crippen LogP contribution in [0.4, 0.5) is 21.7 Å². The smallest absolute Gasteiger partial charge is 0.317 e. The van der Waals surface area contributed by atoms with E-state index in [0.29, 0.717) is 54.4 Å². The molecule has 5 rings (SSSR count). The van der Waals surface area contributed by atoms with E-state index in [4.69, 9.17) is 5.11 Å². The highest BCUT2D eigenvalue weighted by atomic mass is 19.1. The molecule has 0 saturated carbocycles. The summed E-state index contributed by atoms with van der Waals surface area (Å²) in [6.45, 7) is 6.33. The third-order valence-corrected chi connectivity index (χ3v) is 6.48. The highest BCUT2D eigenvalue weighted by Gasteiger charge is 2.21. The Hall–Kier alpha value is -4.11. The molecule has 184 valence electrons. The number of aromatic nitrogens is 3. The molecule has 0 aliphatic carbocycles. The van der Waals surface area contributed by atoms with Crippen LogP contribution in [0.15, 0.2) is 54.9 Å². The number of carboxylic acids is 1. The van der Waals surface area contributed by atoms with Gasteiger partial charge in [-0.1, -0.05) is 24.3 Å². The fourth-order valence-electron chi connectivity index (χ4n) is 4.44. The van der Waals surface area contributed by atoms with Gasteiger partial charge in [0.05, 0.1) is 23.4 Å². The summed E-state index contributed by atoms with van der Waals surface area (Å²) in [6.07, 6.45) is 3.53. The lowest BCUT2D eigenvalue weighted by Gasteiger charge is -2.33. The molecular formula is C27H27FN6O2. The molecular weight excluding hydrogens is 459 g/mol. The van der Waals surface area contributed by atoms with E-state index in [9.17, 15) is 4.79 Å². The second kappa shape index (κ2) is 9.87. The van der Waals surface area contributed by atoms with Crippen LogP contribution in [0.25, 0.3) is 22.0 Å². The third kappa shape index (κ3) is 4.83. The Labute approximate surface area is 208 Å². The van der Waals surface area contributed by atoms with Crippen LogP contribution in [0.5, 0.6) is 0 Å². The maximum Gasteiger partial charge on any atom is 0.317 e. The van der Waals surface area contributed by atoms with Crippen LogP contribution < -0.4 is 10.2 Å². The number of benzene rings is 2. The van der Waals surface area contributed by atoms with Gasteiger partial charge >= 0.3 is 5.97 Å². The molecule has 0 spiro atoms. The van der Waals surface area contributed by atoms with Crippen LogP contribution >= 0.6 is 0 Å². The lowest BCUT2D eigenvalue weighted by molar-refractivity contribution is -0.138. The number of hydrogen-bond donors (Lipinski definition) is 2. The average molecular weight is 487 g/mol. The lowest BCUT2D eigenvalue weighted by Crippen LogP contribution is -2.48. The molecule has 3 heterocycles. The Morgan fingerprint density at radius 1 is 1.03 bits per heavy atom. The van der Waals surface area contributed by atoms with Crippen molar-refractivity contribution < 1.29 is 14.3 Å². The Balaban J connectivity index is 1.42. The minimum atomic E-state index is -0.818. The Morgan fingerprint density at radius 2 is 1.75 bits per heavy atom. The van der Waals surface area contributed by atoms with Crippen molar-refractivity contribution in [3.63, 3.8) is 0 Å². The van der Waals surface area contributed by atoms with Gasteiger partial charge in [0.1, 0.15) is 0 Å². The average Bonchev–Trinajstić information content (AvgIpc) is 2.88. The van der Waals surface area contributed by atoms with E-state index >= 15 is 4.39 Å². The molecule has 1 aliphatic rings. The van der Waals surface area contributed by atoms with E-state index in [0.717, 1.165) is 22.4 Å². The number of hydrogen-bond acceptors (Lipinski definition) is 7. The number of nitrogens with one attached hydrogen (secondary N) is 1. The summed E-state index contributed by atoms with van der Waals surface area (Å²) in [5.41, 5.74) is 4.96. The van der Waals surface area contributed by atoms with Crippen molar-refractivity contribution in [3.8, 4) is 11.1 Å². The molecule has 0 amide bonds. The molecule has 2 aromatic heterocycles. The molecule has 2 aromatic carbocycles. The summed E-state index contributed by atoms with van der Waals surface area (Å²) >= 11 is 0. The number of fused-ring (bicyclic) bond motifs is 1. The molecule has 0 bridgehead atoms. The van der Waals surface area contributed by atoms with Crippen molar-refractivity contribution in [1.82, 2.24) is 19.9 Å². The summed E-state index contributed by atoms with van der Waals surface area (Å²) in [4.78, 5) is 28.4. The second-order valence-corrected chi connectivity index (χ2v) is 8.99. The SMILES string of the molecule is Cc1ccccc1Nc1c(F)c(C)nc2ccc(-c3cnc(N4CCN(CC(=O)O)CC4)nc3)cc12. The maximum atomic E-state index is 15.2. The molecule has 0 atom stereocenters. The minimum absolute atomic E-state index is 0.0469. The highest BCUT2D eigenvalue weighted by Crippen LogP contribution is 2.34. The third-order valence-electron chi connectivity index (χ3n) is 6.48. The minimum Gasteiger partial charge on any atom is -0.480 e. The van der Waals surface area contributed by atoms with E-state index in [2.05, 4.69) is 25.2 Å². The fraction of sp³-hybridized carbons (Fsp3) is 0.259. The van der Waals surface area contributed by atoms with Gasteiger partial charge in [0.15, 0.2) is 5.82 Å². The van der Waals surface area contributed by atoms with Crippen LogP contribution in [0.2, 0.25) is 0 Å². The van der Waals surface area contributed by atoms with Gasteiger partial charge in [-0.15, -0.1) is 0 Å². The topological polar surface area (TPSA) is 94.5 Å². The summed E-state index contributed by atoms with van der Waals surface area (Å²) in [5.74, 6) is -0.585. The quantitative estimate of drug-likeness (QED) is 0.414. The molecule has 1 saturated heterocycles. The maximum absolute atomic E-state index is 15.2. The number of pyridine rings is 1. The van der Waals surface area contributed by atoms with Gasteiger partial charge in [0.2, 0.25) is 5.95 Å². The fourth-order valence-corrected chi connectivity index (χ4v) is 4.44. The summed E-state index contributed by atoms with van der Waals surface area (Å²) in [6, 6.07) is 13.5. The first-order valence-electron chi connectivity index (χ1n) is 11.8. The number of halogens is 1. The number of anilines is 3. The van der Waals surface area contributed by atoms with Crippen molar-refractivity contribution in [2.45, 2.75) is 13.8 Å². The zero-order valence-electron chi connectivity index (χ0n) is 20.2. The van der Waals surface area contributed by atoms with Crippen LogP contribution in [0.3, 0.4) is 0 Å². The molecule has 9 heteroatoms. The van der Waals surface area contributed by atoms with Crippen molar-refractivity contribution in [2.24, 2.45) is 0 Å². The molecule has 0 unspecified atom stereocenters. The number of para-hydroxylation sites is 1. The molecule has 2 N–H and O–H groups in total. The first kappa shape index (κ1) is 23.6. The highest BCUT2D eigenvalue weighted by molar-refractivity contribution is 5.96. The number of aliphatic carboxylic acids is 1. The monoisotopic (exact) mass is 486 g/mol. The van der Waals surface area contributed by atoms with Crippen LogP contribution in [-0.2, 0) is 4.79 Å². The number of carboxylic acid groups (broad SMARTS) is 1. The van der Waals surface area contributed by atoms with Crippen molar-refractivity contribution in [2.75, 3.05) is 42.9 Å². The van der Waals surface area contributed by atoms with Crippen LogP contribution in [-0.4, -0.2) is 63.7 Å². The molecule has 1 fully saturated rings. The summed E-state index contributed by atoms with van der Waals surface area (Å²) < 4.78 is 15.2. The predicted octanol–water partition coefficient (Wildman–Crippen LogP) is 4.40. The number of piperazine rings is 1. The lowest BCUT2D eigenvalue weighted by atomic mass is 10.0. The molecule has 1 aliphatic heterocycles. The second-order valence-electron chi connectivity index (χ2n) is 8.99. The van der Waals surface area contributed by atoms with E-state index in [1.54, 1.807) is 19.3 Å². The standard InChI is InChI=1S/C27H27FN6O2/c1-17-5-3-4-6-22(17)32-26-21-13-19(7-8-23(21)31-18(2)25(26)28)20-14-29-27(30-15-20)34-11-9-33(10-12-34)16-24(35)36/h3-8,13-15H,9-12,16H2,1-2H3,(H,31,32)(H,35,36). The van der Waals surface area contributed by atoms with Crippen molar-refractivity contribution in [3.05, 3.63) is 71.9 Å². The van der Waals surface area contributed by atoms with Gasteiger partial charge in [0, 0.05) is 55.2 Å². The normalized spacial score (nSPS) is 14.2. The van der Waals surface area contributed by atoms with E-state index in [1.807, 2.05) is 54.3 Å². The van der Waals surface area contributed by atoms with Crippen LogP contribution in [0, 0.1) is 19.7 Å². The number of nitrogens with zero attached hydrogens (tertiary/aromatic N) is 5. The summed E-state index contributed by atoms with van der Waals surface area (Å²) in [5, 5.41) is 12.9. The molecule has 4 aromatic rings. The van der Waals surface area contributed by atoms with E-state index in [-0.39, 0.29) is 12.4 Å². The number of carbonyl (C=O) groups is 1.